The minimum atomic E-state index is -0.0971. The van der Waals surface area contributed by atoms with Crippen LogP contribution in [0.15, 0.2) is 36.4 Å². The highest BCUT2D eigenvalue weighted by molar-refractivity contribution is 6.30. The fourth-order valence-electron chi connectivity index (χ4n) is 1.10. The average Bonchev–Trinajstić information content (AvgIpc) is 2.26. The number of ether oxygens (including phenoxy) is 1. The first-order valence-electron chi connectivity index (χ1n) is 4.71. The molecule has 1 aromatic carbocycles. The molecule has 0 heterocycles. The van der Waals surface area contributed by atoms with Crippen LogP contribution in [0.5, 0.6) is 0 Å². The van der Waals surface area contributed by atoms with Crippen LogP contribution in [0.1, 0.15) is 17.3 Å². The lowest BCUT2D eigenvalue weighted by Gasteiger charge is -2.04. The molecule has 1 rings (SSSR count). The summed E-state index contributed by atoms with van der Waals surface area (Å²) in [6.07, 6.45) is 0. The van der Waals surface area contributed by atoms with Crippen LogP contribution in [0.4, 0.5) is 0 Å². The van der Waals surface area contributed by atoms with Crippen LogP contribution in [0.2, 0.25) is 5.02 Å². The van der Waals surface area contributed by atoms with Crippen molar-refractivity contribution in [3.63, 3.8) is 0 Å². The van der Waals surface area contributed by atoms with Gasteiger partial charge in [0.25, 0.3) is 0 Å². The maximum absolute atomic E-state index is 11.7. The van der Waals surface area contributed by atoms with Crippen molar-refractivity contribution in [2.45, 2.75) is 6.92 Å². The summed E-state index contributed by atoms with van der Waals surface area (Å²) in [7, 11) is 0. The Balaban J connectivity index is 2.68. The van der Waals surface area contributed by atoms with Crippen molar-refractivity contribution in [2.24, 2.45) is 0 Å². The largest absolute Gasteiger partial charge is 0.377 e. The third-order valence-electron chi connectivity index (χ3n) is 1.91. The van der Waals surface area contributed by atoms with Gasteiger partial charge in [-0.25, -0.2) is 0 Å². The fourth-order valence-corrected chi connectivity index (χ4v) is 1.22. The molecule has 0 saturated heterocycles. The SMILES string of the molecule is C=C(COCC)C(=O)c1ccc(Cl)cc1. The highest BCUT2D eigenvalue weighted by Crippen LogP contribution is 2.12. The minimum Gasteiger partial charge on any atom is -0.377 e. The molecule has 0 saturated carbocycles. The summed E-state index contributed by atoms with van der Waals surface area (Å²) in [6, 6.07) is 6.73. The number of carbonyl (C=O) groups excluding carboxylic acids is 1. The number of ketones is 1. The van der Waals surface area contributed by atoms with E-state index >= 15 is 0 Å². The van der Waals surface area contributed by atoms with Gasteiger partial charge in [-0.1, -0.05) is 18.2 Å². The van der Waals surface area contributed by atoms with Crippen LogP contribution >= 0.6 is 11.6 Å². The summed E-state index contributed by atoms with van der Waals surface area (Å²) in [5.41, 5.74) is 1.04. The van der Waals surface area contributed by atoms with Gasteiger partial charge in [0.15, 0.2) is 5.78 Å². The van der Waals surface area contributed by atoms with E-state index in [9.17, 15) is 4.79 Å². The van der Waals surface area contributed by atoms with Gasteiger partial charge in [0.05, 0.1) is 6.61 Å². The summed E-state index contributed by atoms with van der Waals surface area (Å²) in [5.74, 6) is -0.0971. The van der Waals surface area contributed by atoms with Crippen LogP contribution in [0, 0.1) is 0 Å². The lowest BCUT2D eigenvalue weighted by Crippen LogP contribution is -2.08. The van der Waals surface area contributed by atoms with E-state index in [4.69, 9.17) is 16.3 Å². The number of hydrogen-bond acceptors (Lipinski definition) is 2. The third-order valence-corrected chi connectivity index (χ3v) is 2.16. The molecular formula is C12H13ClO2. The number of carbonyl (C=O) groups is 1. The van der Waals surface area contributed by atoms with Crippen LogP contribution in [-0.2, 0) is 4.74 Å². The van der Waals surface area contributed by atoms with Crippen molar-refractivity contribution in [2.75, 3.05) is 13.2 Å². The normalized spacial score (nSPS) is 10.0. The minimum absolute atomic E-state index is 0.0971. The predicted octanol–water partition coefficient (Wildman–Crippen LogP) is 3.12. The smallest absolute Gasteiger partial charge is 0.190 e. The molecule has 0 aliphatic heterocycles. The maximum Gasteiger partial charge on any atom is 0.190 e. The molecule has 2 nitrogen and oxygen atoms in total. The first-order valence-corrected chi connectivity index (χ1v) is 5.08. The van der Waals surface area contributed by atoms with E-state index < -0.39 is 0 Å². The summed E-state index contributed by atoms with van der Waals surface area (Å²) >= 11 is 5.72. The Morgan fingerprint density at radius 2 is 2.00 bits per heavy atom. The second-order valence-corrected chi connectivity index (χ2v) is 3.51. The first kappa shape index (κ1) is 12.0. The quantitative estimate of drug-likeness (QED) is 0.568. The van der Waals surface area contributed by atoms with E-state index in [1.54, 1.807) is 24.3 Å². The molecule has 0 radical (unpaired) electrons. The zero-order chi connectivity index (χ0) is 11.3. The van der Waals surface area contributed by atoms with Crippen molar-refractivity contribution in [1.82, 2.24) is 0 Å². The summed E-state index contributed by atoms with van der Waals surface area (Å²) in [6.45, 7) is 6.41. The van der Waals surface area contributed by atoms with Crippen molar-refractivity contribution < 1.29 is 9.53 Å². The van der Waals surface area contributed by atoms with E-state index in [0.717, 1.165) is 0 Å². The average molecular weight is 225 g/mol. The molecule has 0 aliphatic rings. The Hall–Kier alpha value is -1.12. The molecule has 0 bridgehead atoms. The number of hydrogen-bond donors (Lipinski definition) is 0. The van der Waals surface area contributed by atoms with Crippen molar-refractivity contribution in [1.29, 1.82) is 0 Å². The van der Waals surface area contributed by atoms with E-state index in [-0.39, 0.29) is 12.4 Å². The molecule has 3 heteroatoms. The topological polar surface area (TPSA) is 26.3 Å². The Bertz CT molecular complexity index is 354. The first-order chi connectivity index (χ1) is 7.15. The summed E-state index contributed by atoms with van der Waals surface area (Å²) in [4.78, 5) is 11.7. The standard InChI is InChI=1S/C12H13ClO2/c1-3-15-8-9(2)12(14)10-4-6-11(13)7-5-10/h4-7H,2-3,8H2,1H3. The zero-order valence-electron chi connectivity index (χ0n) is 8.63. The summed E-state index contributed by atoms with van der Waals surface area (Å²) in [5, 5.41) is 0.613. The second-order valence-electron chi connectivity index (χ2n) is 3.08. The Morgan fingerprint density at radius 1 is 1.40 bits per heavy atom. The molecule has 15 heavy (non-hydrogen) atoms. The molecule has 1 aromatic rings. The van der Waals surface area contributed by atoms with E-state index in [2.05, 4.69) is 6.58 Å². The predicted molar refractivity (Wildman–Crippen MR) is 61.4 cm³/mol. The fraction of sp³-hybridized carbons (Fsp3) is 0.250. The number of Topliss-reactive ketones (excluding diaryl/α,β-unsaturated/α-hetero) is 1. The number of benzene rings is 1. The van der Waals surface area contributed by atoms with Crippen molar-refractivity contribution in [3.05, 3.63) is 47.0 Å². The highest BCUT2D eigenvalue weighted by atomic mass is 35.5. The molecule has 80 valence electrons. The maximum atomic E-state index is 11.7. The van der Waals surface area contributed by atoms with Gasteiger partial charge in [-0.2, -0.15) is 0 Å². The van der Waals surface area contributed by atoms with E-state index in [1.807, 2.05) is 6.92 Å². The van der Waals surface area contributed by atoms with Gasteiger partial charge in [-0.3, -0.25) is 4.79 Å². The summed E-state index contributed by atoms with van der Waals surface area (Å²) < 4.78 is 5.12. The molecule has 0 amide bonds. The van der Waals surface area contributed by atoms with Crippen molar-refractivity contribution >= 4 is 17.4 Å². The highest BCUT2D eigenvalue weighted by Gasteiger charge is 2.09. The lowest BCUT2D eigenvalue weighted by atomic mass is 10.1. The molecular weight excluding hydrogens is 212 g/mol. The molecule has 0 aliphatic carbocycles. The molecule has 0 unspecified atom stereocenters. The van der Waals surface area contributed by atoms with Crippen LogP contribution < -0.4 is 0 Å². The third kappa shape index (κ3) is 3.50. The second kappa shape index (κ2) is 5.69. The monoisotopic (exact) mass is 224 g/mol. The molecule has 0 aromatic heterocycles. The lowest BCUT2D eigenvalue weighted by molar-refractivity contribution is 0.0991. The van der Waals surface area contributed by atoms with Crippen LogP contribution in [-0.4, -0.2) is 19.0 Å². The van der Waals surface area contributed by atoms with Gasteiger partial charge in [0, 0.05) is 22.8 Å². The molecule has 0 N–H and O–H groups in total. The molecule has 0 atom stereocenters. The Labute approximate surface area is 94.5 Å². The van der Waals surface area contributed by atoms with Crippen LogP contribution in [0.25, 0.3) is 0 Å². The molecule has 0 spiro atoms. The Morgan fingerprint density at radius 3 is 2.53 bits per heavy atom. The number of halogens is 1. The van der Waals surface area contributed by atoms with Gasteiger partial charge < -0.3 is 4.74 Å². The van der Waals surface area contributed by atoms with Gasteiger partial charge in [-0.05, 0) is 31.2 Å². The van der Waals surface area contributed by atoms with Gasteiger partial charge in [0.2, 0.25) is 0 Å². The van der Waals surface area contributed by atoms with E-state index in [0.29, 0.717) is 22.8 Å². The van der Waals surface area contributed by atoms with Gasteiger partial charge in [-0.15, -0.1) is 0 Å². The zero-order valence-corrected chi connectivity index (χ0v) is 9.38. The van der Waals surface area contributed by atoms with Crippen LogP contribution in [0.3, 0.4) is 0 Å². The van der Waals surface area contributed by atoms with Crippen molar-refractivity contribution in [3.8, 4) is 0 Å². The molecule has 0 fully saturated rings. The van der Waals surface area contributed by atoms with Gasteiger partial charge in [0.1, 0.15) is 0 Å². The number of rotatable bonds is 5. The van der Waals surface area contributed by atoms with Gasteiger partial charge >= 0.3 is 0 Å². The van der Waals surface area contributed by atoms with E-state index in [1.165, 1.54) is 0 Å². The Kier molecular flexibility index (Phi) is 4.53.